The summed E-state index contributed by atoms with van der Waals surface area (Å²) in [4.78, 5) is 26.9. The molecule has 37 heavy (non-hydrogen) atoms. The Bertz CT molecular complexity index is 1290. The topological polar surface area (TPSA) is 92.1 Å². The molecule has 1 saturated heterocycles. The third-order valence-electron chi connectivity index (χ3n) is 6.71. The molecular weight excluding hydrogens is 485 g/mol. The summed E-state index contributed by atoms with van der Waals surface area (Å²) in [5.74, 6) is 0.804. The molecule has 0 aromatic carbocycles. The van der Waals surface area contributed by atoms with Crippen LogP contribution in [0.5, 0.6) is 0 Å². The average Bonchev–Trinajstić information content (AvgIpc) is 3.59. The van der Waals surface area contributed by atoms with Crippen molar-refractivity contribution >= 4 is 17.5 Å². The monoisotopic (exact) mass is 514 g/mol. The Hall–Kier alpha value is -3.54. The Morgan fingerprint density at radius 2 is 1.92 bits per heavy atom. The van der Waals surface area contributed by atoms with E-state index in [2.05, 4.69) is 25.4 Å². The zero-order chi connectivity index (χ0) is 26.2. The van der Waals surface area contributed by atoms with Gasteiger partial charge in [-0.2, -0.15) is 13.2 Å². The first-order chi connectivity index (χ1) is 17.7. The number of nitrogens with one attached hydrogen (secondary N) is 1. The van der Waals surface area contributed by atoms with Crippen LogP contribution in [0.25, 0.3) is 11.5 Å². The van der Waals surface area contributed by atoms with Crippen LogP contribution in [0.15, 0.2) is 30.6 Å². The average molecular weight is 515 g/mol. The molecule has 12 heteroatoms. The first-order valence-electron chi connectivity index (χ1n) is 12.4. The Kier molecular flexibility index (Phi) is 6.84. The lowest BCUT2D eigenvalue weighted by atomic mass is 10.1. The molecule has 5 rings (SSSR count). The largest absolute Gasteiger partial charge is 0.389 e. The van der Waals surface area contributed by atoms with Gasteiger partial charge >= 0.3 is 6.18 Å². The van der Waals surface area contributed by atoms with Gasteiger partial charge in [-0.05, 0) is 44.0 Å². The molecule has 1 amide bonds. The van der Waals surface area contributed by atoms with Gasteiger partial charge in [0.25, 0.3) is 5.91 Å². The van der Waals surface area contributed by atoms with E-state index in [4.69, 9.17) is 4.98 Å². The van der Waals surface area contributed by atoms with Gasteiger partial charge in [0.1, 0.15) is 23.7 Å². The minimum Gasteiger partial charge on any atom is -0.357 e. The maximum absolute atomic E-state index is 13.5. The van der Waals surface area contributed by atoms with E-state index in [1.807, 2.05) is 13.1 Å². The molecule has 0 saturated carbocycles. The molecule has 0 radical (unpaired) electrons. The van der Waals surface area contributed by atoms with Gasteiger partial charge in [0.2, 0.25) is 0 Å². The van der Waals surface area contributed by atoms with Crippen LogP contribution >= 0.6 is 0 Å². The maximum atomic E-state index is 13.5. The lowest BCUT2D eigenvalue weighted by Crippen LogP contribution is -2.24. The Balaban J connectivity index is 1.42. The molecule has 1 N–H and O–H groups in total. The first kappa shape index (κ1) is 25.1. The van der Waals surface area contributed by atoms with E-state index in [0.29, 0.717) is 36.0 Å². The van der Waals surface area contributed by atoms with Gasteiger partial charge in [0.15, 0.2) is 5.82 Å². The van der Waals surface area contributed by atoms with E-state index in [0.717, 1.165) is 43.0 Å². The van der Waals surface area contributed by atoms with Crippen LogP contribution in [0.2, 0.25) is 0 Å². The van der Waals surface area contributed by atoms with Crippen LogP contribution in [-0.2, 0) is 19.6 Å². The number of pyridine rings is 2. The summed E-state index contributed by atoms with van der Waals surface area (Å²) in [6, 6.07) is 7.09. The number of hydrogen-bond donors (Lipinski definition) is 1. The van der Waals surface area contributed by atoms with Crippen molar-refractivity contribution in [3.8, 4) is 11.5 Å². The molecule has 9 nitrogen and oxygen atoms in total. The van der Waals surface area contributed by atoms with Gasteiger partial charge in [-0.15, -0.1) is 10.2 Å². The van der Waals surface area contributed by atoms with Gasteiger partial charge in [0.05, 0.1) is 17.8 Å². The van der Waals surface area contributed by atoms with Crippen molar-refractivity contribution < 1.29 is 18.0 Å². The fraction of sp³-hybridized carbons (Fsp3) is 0.480. The van der Waals surface area contributed by atoms with E-state index >= 15 is 0 Å². The Labute approximate surface area is 212 Å². The van der Waals surface area contributed by atoms with Gasteiger partial charge in [-0.25, -0.2) is 9.97 Å². The predicted molar refractivity (Wildman–Crippen MR) is 132 cm³/mol. The summed E-state index contributed by atoms with van der Waals surface area (Å²) >= 11 is 0. The Morgan fingerprint density at radius 3 is 2.65 bits per heavy atom. The minimum atomic E-state index is -4.24. The Morgan fingerprint density at radius 1 is 1.14 bits per heavy atom. The highest BCUT2D eigenvalue weighted by Gasteiger charge is 2.34. The first-order valence-corrected chi connectivity index (χ1v) is 12.4. The fourth-order valence-corrected chi connectivity index (χ4v) is 5.04. The maximum Gasteiger partial charge on any atom is 0.389 e. The number of alkyl halides is 3. The summed E-state index contributed by atoms with van der Waals surface area (Å²) < 4.78 is 40.0. The van der Waals surface area contributed by atoms with Crippen LogP contribution in [0.1, 0.15) is 47.8 Å². The van der Waals surface area contributed by atoms with E-state index in [9.17, 15) is 18.0 Å². The molecule has 3 aromatic rings. The SMILES string of the molecule is CNCc1nc(N2CCCC2)cc2c1CN(c1cccc(-c3nncn3C[C@@H](C)CC(F)(F)F)n1)C2=O. The number of nitrogens with zero attached hydrogens (tertiary/aromatic N) is 7. The minimum absolute atomic E-state index is 0.0974. The third kappa shape index (κ3) is 5.29. The van der Waals surface area contributed by atoms with Crippen LogP contribution in [-0.4, -0.2) is 57.0 Å². The van der Waals surface area contributed by atoms with Crippen molar-refractivity contribution in [3.05, 3.63) is 47.4 Å². The summed E-state index contributed by atoms with van der Waals surface area (Å²) in [6.45, 7) is 4.36. The molecule has 1 atom stereocenters. The van der Waals surface area contributed by atoms with Gasteiger partial charge in [-0.3, -0.25) is 9.69 Å². The summed E-state index contributed by atoms with van der Waals surface area (Å²) in [7, 11) is 1.85. The number of amides is 1. The summed E-state index contributed by atoms with van der Waals surface area (Å²) in [5, 5.41) is 11.1. The number of carbonyl (C=O) groups is 1. The summed E-state index contributed by atoms with van der Waals surface area (Å²) in [5.41, 5.74) is 2.77. The molecule has 0 spiro atoms. The molecule has 196 valence electrons. The van der Waals surface area contributed by atoms with Crippen LogP contribution in [0, 0.1) is 5.92 Å². The smallest absolute Gasteiger partial charge is 0.357 e. The predicted octanol–water partition coefficient (Wildman–Crippen LogP) is 3.80. The van der Waals surface area contributed by atoms with Crippen molar-refractivity contribution in [1.29, 1.82) is 0 Å². The van der Waals surface area contributed by atoms with Crippen molar-refractivity contribution in [2.75, 3.05) is 29.9 Å². The standard InChI is InChI=1S/C25H29F3N8O/c1-16(11-25(26,27)28)13-35-15-30-33-23(35)19-6-5-7-21(31-19)36-14-18-17(24(36)37)10-22(32-20(18)12-29-2)34-8-3-4-9-34/h5-7,10,15-16,29H,3-4,8-9,11-14H2,1-2H3/t16-/m0/s1. The van der Waals surface area contributed by atoms with E-state index in [1.54, 1.807) is 27.7 Å². The van der Waals surface area contributed by atoms with Crippen molar-refractivity contribution in [3.63, 3.8) is 0 Å². The van der Waals surface area contributed by atoms with Crippen LogP contribution < -0.4 is 15.1 Å². The lowest BCUT2D eigenvalue weighted by Gasteiger charge is -2.18. The number of aromatic nitrogens is 5. The zero-order valence-electron chi connectivity index (χ0n) is 20.8. The van der Waals surface area contributed by atoms with E-state index in [1.165, 1.54) is 13.3 Å². The van der Waals surface area contributed by atoms with Gasteiger partial charge in [-0.1, -0.05) is 13.0 Å². The molecule has 2 aliphatic heterocycles. The lowest BCUT2D eigenvalue weighted by molar-refractivity contribution is -0.144. The van der Waals surface area contributed by atoms with Crippen LogP contribution in [0.4, 0.5) is 24.8 Å². The molecule has 1 fully saturated rings. The molecular formula is C25H29F3N8O. The number of hydrogen-bond acceptors (Lipinski definition) is 7. The summed E-state index contributed by atoms with van der Waals surface area (Å²) in [6.07, 6.45) is -1.52. The number of fused-ring (bicyclic) bond motifs is 1. The van der Waals surface area contributed by atoms with Crippen molar-refractivity contribution in [1.82, 2.24) is 30.0 Å². The quantitative estimate of drug-likeness (QED) is 0.489. The van der Waals surface area contributed by atoms with Gasteiger partial charge in [0, 0.05) is 38.2 Å². The highest BCUT2D eigenvalue weighted by molar-refractivity contribution is 6.10. The molecule has 0 unspecified atom stereocenters. The fourth-order valence-electron chi connectivity index (χ4n) is 5.04. The van der Waals surface area contributed by atoms with Gasteiger partial charge < -0.3 is 14.8 Å². The zero-order valence-corrected chi connectivity index (χ0v) is 20.8. The van der Waals surface area contributed by atoms with E-state index < -0.39 is 18.5 Å². The number of rotatable bonds is 8. The number of halogens is 3. The van der Waals surface area contributed by atoms with Crippen molar-refractivity contribution in [2.24, 2.45) is 5.92 Å². The second-order valence-corrected chi connectivity index (χ2v) is 9.68. The third-order valence-corrected chi connectivity index (χ3v) is 6.71. The van der Waals surface area contributed by atoms with E-state index in [-0.39, 0.29) is 12.5 Å². The van der Waals surface area contributed by atoms with Crippen LogP contribution in [0.3, 0.4) is 0 Å². The molecule has 2 aliphatic rings. The van der Waals surface area contributed by atoms with Crippen molar-refractivity contribution in [2.45, 2.75) is 52.0 Å². The second kappa shape index (κ2) is 10.1. The molecule has 0 aliphatic carbocycles. The molecule has 3 aromatic heterocycles. The normalized spacial score (nSPS) is 16.5. The highest BCUT2D eigenvalue weighted by Crippen LogP contribution is 2.33. The number of anilines is 2. The highest BCUT2D eigenvalue weighted by atomic mass is 19.4. The molecule has 0 bridgehead atoms. The second-order valence-electron chi connectivity index (χ2n) is 9.68. The number of carbonyl (C=O) groups excluding carboxylic acids is 1. The molecule has 5 heterocycles.